The highest BCUT2D eigenvalue weighted by Gasteiger charge is 2.37. The van der Waals surface area contributed by atoms with E-state index in [4.69, 9.17) is 5.73 Å². The Labute approximate surface area is 113 Å². The van der Waals surface area contributed by atoms with Gasteiger partial charge in [-0.25, -0.2) is 8.42 Å². The molecule has 1 aromatic carbocycles. The first-order valence-corrected chi connectivity index (χ1v) is 7.96. The number of primary amides is 1. The third-order valence-corrected chi connectivity index (χ3v) is 5.36. The van der Waals surface area contributed by atoms with Gasteiger partial charge in [-0.15, -0.1) is 0 Å². The van der Waals surface area contributed by atoms with Crippen LogP contribution in [0.2, 0.25) is 0 Å². The van der Waals surface area contributed by atoms with Gasteiger partial charge in [-0.1, -0.05) is 12.1 Å². The number of carbonyl (C=O) groups is 1. The Morgan fingerprint density at radius 1 is 1.37 bits per heavy atom. The molecule has 1 heterocycles. The molecule has 5 nitrogen and oxygen atoms in total. The first-order chi connectivity index (χ1) is 8.80. The number of amides is 1. The fraction of sp³-hybridized carbons (Fsp3) is 0.462. The van der Waals surface area contributed by atoms with Crippen molar-refractivity contribution in [1.82, 2.24) is 5.32 Å². The quantitative estimate of drug-likeness (QED) is 0.839. The largest absolute Gasteiger partial charge is 0.366 e. The van der Waals surface area contributed by atoms with E-state index in [1.165, 1.54) is 0 Å². The van der Waals surface area contributed by atoms with Gasteiger partial charge in [0.15, 0.2) is 9.84 Å². The van der Waals surface area contributed by atoms with Gasteiger partial charge in [0.2, 0.25) is 5.91 Å². The Kier molecular flexibility index (Phi) is 3.64. The zero-order valence-corrected chi connectivity index (χ0v) is 11.7. The molecule has 6 heteroatoms. The van der Waals surface area contributed by atoms with Gasteiger partial charge in [-0.2, -0.15) is 0 Å². The molecule has 19 heavy (non-hydrogen) atoms. The molecule has 0 aromatic heterocycles. The fourth-order valence-electron chi connectivity index (χ4n) is 2.25. The third-order valence-electron chi connectivity index (χ3n) is 3.46. The summed E-state index contributed by atoms with van der Waals surface area (Å²) in [5.41, 5.74) is 6.27. The molecule has 1 fully saturated rings. The molecule has 0 radical (unpaired) electrons. The second-order valence-corrected chi connectivity index (χ2v) is 7.50. The lowest BCUT2D eigenvalue weighted by Gasteiger charge is -2.24. The van der Waals surface area contributed by atoms with Crippen LogP contribution in [0.3, 0.4) is 0 Å². The van der Waals surface area contributed by atoms with Crippen molar-refractivity contribution < 1.29 is 13.2 Å². The molecular weight excluding hydrogens is 264 g/mol. The normalized spacial score (nSPS) is 25.3. The molecule has 1 unspecified atom stereocenters. The van der Waals surface area contributed by atoms with E-state index in [0.717, 1.165) is 5.56 Å². The summed E-state index contributed by atoms with van der Waals surface area (Å²) in [7, 11) is -2.90. The van der Waals surface area contributed by atoms with Crippen LogP contribution >= 0.6 is 0 Å². The van der Waals surface area contributed by atoms with E-state index in [1.807, 2.05) is 19.1 Å². The molecule has 0 spiro atoms. The Balaban J connectivity index is 1.97. The minimum absolute atomic E-state index is 0.180. The summed E-state index contributed by atoms with van der Waals surface area (Å²) in [5, 5.41) is 3.28. The zero-order chi connectivity index (χ0) is 14.1. The number of carbonyl (C=O) groups excluding carboxylic acids is 1. The van der Waals surface area contributed by atoms with Gasteiger partial charge >= 0.3 is 0 Å². The van der Waals surface area contributed by atoms with Crippen LogP contribution < -0.4 is 11.1 Å². The number of sulfone groups is 1. The number of hydrogen-bond donors (Lipinski definition) is 2. The molecule has 1 saturated heterocycles. The number of nitrogens with one attached hydrogen (secondary N) is 1. The van der Waals surface area contributed by atoms with Crippen LogP contribution in [0.15, 0.2) is 24.3 Å². The molecule has 1 aromatic rings. The van der Waals surface area contributed by atoms with Crippen molar-refractivity contribution in [3.63, 3.8) is 0 Å². The van der Waals surface area contributed by atoms with E-state index in [9.17, 15) is 13.2 Å². The Bertz CT molecular complexity index is 580. The van der Waals surface area contributed by atoms with Crippen LogP contribution in [0.1, 0.15) is 29.3 Å². The Morgan fingerprint density at radius 2 is 2.00 bits per heavy atom. The van der Waals surface area contributed by atoms with Crippen LogP contribution in [-0.4, -0.2) is 31.4 Å². The van der Waals surface area contributed by atoms with Crippen molar-refractivity contribution in [1.29, 1.82) is 0 Å². The first-order valence-electron chi connectivity index (χ1n) is 6.14. The molecule has 1 aliphatic heterocycles. The van der Waals surface area contributed by atoms with Crippen molar-refractivity contribution in [2.45, 2.75) is 25.4 Å². The summed E-state index contributed by atoms with van der Waals surface area (Å²) in [5.74, 6) is -0.0235. The molecule has 2 rings (SSSR count). The highest BCUT2D eigenvalue weighted by atomic mass is 32.2. The topological polar surface area (TPSA) is 89.3 Å². The zero-order valence-electron chi connectivity index (χ0n) is 10.8. The van der Waals surface area contributed by atoms with E-state index in [-0.39, 0.29) is 17.0 Å². The standard InChI is InChI=1S/C13H18N2O3S/c1-13(6-7-19(17,18)9-13)15-8-10-2-4-11(5-3-10)12(14)16/h2-5,15H,6-9H2,1H3,(H2,14,16). The molecular formula is C13H18N2O3S. The SMILES string of the molecule is CC1(NCc2ccc(C(N)=O)cc2)CCS(=O)(=O)C1. The Hall–Kier alpha value is -1.40. The van der Waals surface area contributed by atoms with Crippen LogP contribution in [0.5, 0.6) is 0 Å². The summed E-state index contributed by atoms with van der Waals surface area (Å²) in [6, 6.07) is 6.99. The van der Waals surface area contributed by atoms with E-state index in [2.05, 4.69) is 5.32 Å². The summed E-state index contributed by atoms with van der Waals surface area (Å²) < 4.78 is 23.0. The smallest absolute Gasteiger partial charge is 0.248 e. The molecule has 1 aliphatic rings. The van der Waals surface area contributed by atoms with Crippen LogP contribution in [0.4, 0.5) is 0 Å². The lowest BCUT2D eigenvalue weighted by molar-refractivity contribution is 0.1000. The fourth-order valence-corrected chi connectivity index (χ4v) is 4.38. The monoisotopic (exact) mass is 282 g/mol. The molecule has 104 valence electrons. The second kappa shape index (κ2) is 4.94. The summed E-state index contributed by atoms with van der Waals surface area (Å²) in [6.45, 7) is 2.50. The number of rotatable bonds is 4. The third kappa shape index (κ3) is 3.54. The molecule has 3 N–H and O–H groups in total. The minimum Gasteiger partial charge on any atom is -0.366 e. The maximum Gasteiger partial charge on any atom is 0.248 e. The lowest BCUT2D eigenvalue weighted by Crippen LogP contribution is -2.42. The first kappa shape index (κ1) is 14.0. The predicted molar refractivity (Wildman–Crippen MR) is 73.5 cm³/mol. The van der Waals surface area contributed by atoms with E-state index in [1.54, 1.807) is 12.1 Å². The van der Waals surface area contributed by atoms with Gasteiger partial charge in [0.05, 0.1) is 11.5 Å². The van der Waals surface area contributed by atoms with Crippen LogP contribution in [0, 0.1) is 0 Å². The van der Waals surface area contributed by atoms with Crippen molar-refractivity contribution in [3.05, 3.63) is 35.4 Å². The maximum absolute atomic E-state index is 11.5. The molecule has 0 bridgehead atoms. The predicted octanol–water partition coefficient (Wildman–Crippen LogP) is 0.452. The molecule has 0 saturated carbocycles. The van der Waals surface area contributed by atoms with Crippen LogP contribution in [0.25, 0.3) is 0 Å². The summed E-state index contributed by atoms with van der Waals surface area (Å²) in [6.07, 6.45) is 0.634. The highest BCUT2D eigenvalue weighted by Crippen LogP contribution is 2.23. The molecule has 1 atom stereocenters. The van der Waals surface area contributed by atoms with E-state index in [0.29, 0.717) is 18.5 Å². The minimum atomic E-state index is -2.90. The van der Waals surface area contributed by atoms with Crippen molar-refractivity contribution in [3.8, 4) is 0 Å². The van der Waals surface area contributed by atoms with Gasteiger partial charge in [-0.05, 0) is 31.0 Å². The lowest BCUT2D eigenvalue weighted by atomic mass is 10.0. The molecule has 0 aliphatic carbocycles. The van der Waals surface area contributed by atoms with Gasteiger partial charge in [-0.3, -0.25) is 4.79 Å². The van der Waals surface area contributed by atoms with E-state index < -0.39 is 15.7 Å². The van der Waals surface area contributed by atoms with Crippen LogP contribution in [-0.2, 0) is 16.4 Å². The van der Waals surface area contributed by atoms with Gasteiger partial charge in [0.25, 0.3) is 0 Å². The van der Waals surface area contributed by atoms with Gasteiger partial charge < -0.3 is 11.1 Å². The summed E-state index contributed by atoms with van der Waals surface area (Å²) >= 11 is 0. The summed E-state index contributed by atoms with van der Waals surface area (Å²) in [4.78, 5) is 10.9. The number of nitrogens with two attached hydrogens (primary N) is 1. The average molecular weight is 282 g/mol. The van der Waals surface area contributed by atoms with Crippen molar-refractivity contribution in [2.24, 2.45) is 5.73 Å². The highest BCUT2D eigenvalue weighted by molar-refractivity contribution is 7.91. The van der Waals surface area contributed by atoms with Crippen molar-refractivity contribution >= 4 is 15.7 Å². The van der Waals surface area contributed by atoms with Gasteiger partial charge in [0, 0.05) is 17.6 Å². The number of benzene rings is 1. The van der Waals surface area contributed by atoms with E-state index >= 15 is 0 Å². The molecule has 1 amide bonds. The maximum atomic E-state index is 11.5. The number of hydrogen-bond acceptors (Lipinski definition) is 4. The second-order valence-electron chi connectivity index (χ2n) is 5.32. The Morgan fingerprint density at radius 3 is 2.47 bits per heavy atom. The van der Waals surface area contributed by atoms with Crippen molar-refractivity contribution in [2.75, 3.05) is 11.5 Å². The van der Waals surface area contributed by atoms with Gasteiger partial charge in [0.1, 0.15) is 0 Å². The average Bonchev–Trinajstić information content (AvgIpc) is 2.62.